The first-order valence-corrected chi connectivity index (χ1v) is 7.40. The normalized spacial score (nSPS) is 12.6. The highest BCUT2D eigenvalue weighted by Crippen LogP contribution is 2.08. The minimum atomic E-state index is -0.711. The van der Waals surface area contributed by atoms with Gasteiger partial charge in [0.25, 0.3) is 0 Å². The molecule has 0 fully saturated rings. The van der Waals surface area contributed by atoms with Crippen LogP contribution in [0, 0.1) is 5.92 Å². The van der Waals surface area contributed by atoms with E-state index in [9.17, 15) is 9.59 Å². The molecule has 4 heteroatoms. The van der Waals surface area contributed by atoms with Crippen LogP contribution in [0.4, 0.5) is 0 Å². The third-order valence-corrected chi connectivity index (χ3v) is 3.56. The highest BCUT2D eigenvalue weighted by molar-refractivity contribution is 5.80. The number of carboxylic acids is 1. The lowest BCUT2D eigenvalue weighted by Gasteiger charge is -2.16. The lowest BCUT2D eigenvalue weighted by molar-refractivity contribution is -0.137. The van der Waals surface area contributed by atoms with Gasteiger partial charge < -0.3 is 10.0 Å². The Morgan fingerprint density at radius 1 is 1.05 bits per heavy atom. The summed E-state index contributed by atoms with van der Waals surface area (Å²) in [5, 5.41) is 8.51. The molecule has 1 atom stereocenters. The van der Waals surface area contributed by atoms with Crippen molar-refractivity contribution in [3.8, 4) is 0 Å². The predicted molar refractivity (Wildman–Crippen MR) is 77.3 cm³/mol. The summed E-state index contributed by atoms with van der Waals surface area (Å²) < 4.78 is 0. The lowest BCUT2D eigenvalue weighted by Crippen LogP contribution is -2.22. The van der Waals surface area contributed by atoms with E-state index in [0.717, 1.165) is 45.2 Å². The van der Waals surface area contributed by atoms with Crippen LogP contribution in [0.25, 0.3) is 0 Å². The van der Waals surface area contributed by atoms with Crippen molar-refractivity contribution < 1.29 is 14.7 Å². The number of rotatable bonds is 12. The second-order valence-electron chi connectivity index (χ2n) is 5.39. The second-order valence-corrected chi connectivity index (χ2v) is 5.39. The van der Waals surface area contributed by atoms with Crippen LogP contribution in [0.2, 0.25) is 0 Å². The summed E-state index contributed by atoms with van der Waals surface area (Å²) in [6.07, 6.45) is 5.56. The standard InChI is InChI=1S/C15H29NO3/c1-4-13(2)14(17)9-8-12-16(3)11-7-5-6-10-15(18)19/h13H,4-12H2,1-3H3,(H,18,19). The molecule has 0 aliphatic rings. The second kappa shape index (κ2) is 11.0. The molecule has 0 aromatic carbocycles. The Labute approximate surface area is 117 Å². The zero-order chi connectivity index (χ0) is 14.7. The van der Waals surface area contributed by atoms with Gasteiger partial charge in [-0.2, -0.15) is 0 Å². The number of ketones is 1. The highest BCUT2D eigenvalue weighted by atomic mass is 16.4. The third-order valence-electron chi connectivity index (χ3n) is 3.56. The summed E-state index contributed by atoms with van der Waals surface area (Å²) in [6.45, 7) is 5.97. The summed E-state index contributed by atoms with van der Waals surface area (Å²) in [5.74, 6) is -0.143. The molecule has 1 N–H and O–H groups in total. The van der Waals surface area contributed by atoms with E-state index in [1.807, 2.05) is 13.8 Å². The number of Topliss-reactive ketones (excluding diaryl/α,β-unsaturated/α-hetero) is 1. The van der Waals surface area contributed by atoms with Gasteiger partial charge in [0.2, 0.25) is 0 Å². The van der Waals surface area contributed by atoms with E-state index >= 15 is 0 Å². The van der Waals surface area contributed by atoms with Crippen molar-refractivity contribution in [3.63, 3.8) is 0 Å². The number of carboxylic acid groups (broad SMARTS) is 1. The molecule has 0 saturated carbocycles. The van der Waals surface area contributed by atoms with Gasteiger partial charge in [-0.05, 0) is 45.8 Å². The number of carbonyl (C=O) groups is 2. The molecule has 0 radical (unpaired) electrons. The minimum absolute atomic E-state index is 0.196. The van der Waals surface area contributed by atoms with Crippen molar-refractivity contribution in [1.82, 2.24) is 4.90 Å². The fourth-order valence-electron chi connectivity index (χ4n) is 1.94. The van der Waals surface area contributed by atoms with Crippen molar-refractivity contribution in [2.24, 2.45) is 5.92 Å². The maximum atomic E-state index is 11.6. The SMILES string of the molecule is CCC(C)C(=O)CCCN(C)CCCCCC(=O)O. The molecule has 0 aromatic rings. The van der Waals surface area contributed by atoms with E-state index in [2.05, 4.69) is 11.9 Å². The Hall–Kier alpha value is -0.900. The quantitative estimate of drug-likeness (QED) is 0.554. The number of aliphatic carboxylic acids is 1. The number of nitrogens with zero attached hydrogens (tertiary/aromatic N) is 1. The van der Waals surface area contributed by atoms with Gasteiger partial charge in [-0.1, -0.05) is 20.3 Å². The summed E-state index contributed by atoms with van der Waals surface area (Å²) in [6, 6.07) is 0. The summed E-state index contributed by atoms with van der Waals surface area (Å²) >= 11 is 0. The molecule has 0 aliphatic carbocycles. The van der Waals surface area contributed by atoms with Crippen molar-refractivity contribution in [1.29, 1.82) is 0 Å². The molecular weight excluding hydrogens is 242 g/mol. The maximum absolute atomic E-state index is 11.6. The summed E-state index contributed by atoms with van der Waals surface area (Å²) in [7, 11) is 2.06. The minimum Gasteiger partial charge on any atom is -0.481 e. The molecule has 0 aromatic heterocycles. The Morgan fingerprint density at radius 3 is 2.26 bits per heavy atom. The van der Waals surface area contributed by atoms with E-state index in [-0.39, 0.29) is 12.3 Å². The molecule has 0 amide bonds. The van der Waals surface area contributed by atoms with Crippen molar-refractivity contribution in [2.45, 2.75) is 58.8 Å². The molecule has 4 nitrogen and oxygen atoms in total. The van der Waals surface area contributed by atoms with Crippen molar-refractivity contribution in [3.05, 3.63) is 0 Å². The Kier molecular flexibility index (Phi) is 10.5. The van der Waals surface area contributed by atoms with Gasteiger partial charge in [0, 0.05) is 18.8 Å². The van der Waals surface area contributed by atoms with Crippen LogP contribution in [0.5, 0.6) is 0 Å². The van der Waals surface area contributed by atoms with E-state index < -0.39 is 5.97 Å². The van der Waals surface area contributed by atoms with Crippen molar-refractivity contribution in [2.75, 3.05) is 20.1 Å². The first kappa shape index (κ1) is 18.1. The van der Waals surface area contributed by atoms with Gasteiger partial charge >= 0.3 is 5.97 Å². The molecule has 0 spiro atoms. The zero-order valence-electron chi connectivity index (χ0n) is 12.7. The smallest absolute Gasteiger partial charge is 0.303 e. The maximum Gasteiger partial charge on any atom is 0.303 e. The Bertz CT molecular complexity index is 266. The van der Waals surface area contributed by atoms with Crippen LogP contribution in [-0.2, 0) is 9.59 Å². The van der Waals surface area contributed by atoms with Gasteiger partial charge in [0.05, 0.1) is 0 Å². The van der Waals surface area contributed by atoms with Crippen LogP contribution in [0.3, 0.4) is 0 Å². The van der Waals surface area contributed by atoms with Crippen LogP contribution in [0.15, 0.2) is 0 Å². The first-order valence-electron chi connectivity index (χ1n) is 7.40. The van der Waals surface area contributed by atoms with Crippen LogP contribution in [-0.4, -0.2) is 41.9 Å². The van der Waals surface area contributed by atoms with Gasteiger partial charge in [-0.15, -0.1) is 0 Å². The Balaban J connectivity index is 3.46. The zero-order valence-corrected chi connectivity index (χ0v) is 12.7. The number of unbranched alkanes of at least 4 members (excludes halogenated alkanes) is 2. The molecule has 0 bridgehead atoms. The van der Waals surface area contributed by atoms with Gasteiger partial charge in [-0.3, -0.25) is 9.59 Å². The van der Waals surface area contributed by atoms with Crippen molar-refractivity contribution >= 4 is 11.8 Å². The topological polar surface area (TPSA) is 57.6 Å². The lowest BCUT2D eigenvalue weighted by atomic mass is 10.00. The molecule has 112 valence electrons. The molecule has 0 rings (SSSR count). The highest BCUT2D eigenvalue weighted by Gasteiger charge is 2.10. The van der Waals surface area contributed by atoms with Crippen LogP contribution >= 0.6 is 0 Å². The fraction of sp³-hybridized carbons (Fsp3) is 0.867. The predicted octanol–water partition coefficient (Wildman–Crippen LogP) is 2.96. The number of carbonyl (C=O) groups excluding carboxylic acids is 1. The van der Waals surface area contributed by atoms with Crippen LogP contribution in [0.1, 0.15) is 58.8 Å². The summed E-state index contributed by atoms with van der Waals surface area (Å²) in [5.41, 5.74) is 0. The van der Waals surface area contributed by atoms with Gasteiger partial charge in [0.15, 0.2) is 0 Å². The van der Waals surface area contributed by atoms with Gasteiger partial charge in [0.1, 0.15) is 5.78 Å². The van der Waals surface area contributed by atoms with Gasteiger partial charge in [-0.25, -0.2) is 0 Å². The largest absolute Gasteiger partial charge is 0.481 e. The number of hydrogen-bond donors (Lipinski definition) is 1. The van der Waals surface area contributed by atoms with E-state index in [1.165, 1.54) is 0 Å². The average molecular weight is 271 g/mol. The van der Waals surface area contributed by atoms with Crippen LogP contribution < -0.4 is 0 Å². The number of hydrogen-bond acceptors (Lipinski definition) is 3. The molecule has 0 saturated heterocycles. The third kappa shape index (κ3) is 10.7. The average Bonchev–Trinajstić information content (AvgIpc) is 2.36. The molecular formula is C15H29NO3. The van der Waals surface area contributed by atoms with E-state index in [1.54, 1.807) is 0 Å². The first-order chi connectivity index (χ1) is 8.97. The fourth-order valence-corrected chi connectivity index (χ4v) is 1.94. The Morgan fingerprint density at radius 2 is 1.68 bits per heavy atom. The monoisotopic (exact) mass is 271 g/mol. The van der Waals surface area contributed by atoms with E-state index in [0.29, 0.717) is 12.2 Å². The molecule has 19 heavy (non-hydrogen) atoms. The van der Waals surface area contributed by atoms with E-state index in [4.69, 9.17) is 5.11 Å². The molecule has 0 aliphatic heterocycles. The molecule has 1 unspecified atom stereocenters. The molecule has 0 heterocycles. The summed E-state index contributed by atoms with van der Waals surface area (Å²) in [4.78, 5) is 24.2.